The van der Waals surface area contributed by atoms with Crippen molar-refractivity contribution in [2.24, 2.45) is 0 Å². The Labute approximate surface area is 166 Å². The first-order valence-electron chi connectivity index (χ1n) is 9.12. The molecule has 0 bridgehead atoms. The van der Waals surface area contributed by atoms with Gasteiger partial charge in [0.15, 0.2) is 11.5 Å². The highest BCUT2D eigenvalue weighted by atomic mass is 32.1. The van der Waals surface area contributed by atoms with Crippen molar-refractivity contribution in [3.05, 3.63) is 60.2 Å². The quantitative estimate of drug-likeness (QED) is 0.535. The number of ether oxygens (including phenoxy) is 2. The van der Waals surface area contributed by atoms with Crippen molar-refractivity contribution < 1.29 is 9.47 Å². The molecule has 5 rings (SSSR count). The fraction of sp³-hybridized carbons (Fsp3) is 0.190. The highest BCUT2D eigenvalue weighted by Crippen LogP contribution is 2.37. The third kappa shape index (κ3) is 3.14. The molecule has 0 unspecified atom stereocenters. The van der Waals surface area contributed by atoms with Crippen LogP contribution >= 0.6 is 11.3 Å². The SMILES string of the molecule is CCc1cc2sc(-c3cnccn3)cc2c(NCc2ccc3c(c2)OCO3)n1. The number of fused-ring (bicyclic) bond motifs is 2. The van der Waals surface area contributed by atoms with E-state index in [2.05, 4.69) is 34.3 Å². The Kier molecular flexibility index (Phi) is 4.29. The average molecular weight is 390 g/mol. The summed E-state index contributed by atoms with van der Waals surface area (Å²) in [6.45, 7) is 3.06. The van der Waals surface area contributed by atoms with Crippen LogP contribution in [-0.2, 0) is 13.0 Å². The number of pyridine rings is 1. The third-order valence-corrected chi connectivity index (χ3v) is 5.75. The lowest BCUT2D eigenvalue weighted by Gasteiger charge is -2.09. The molecule has 0 amide bonds. The van der Waals surface area contributed by atoms with Gasteiger partial charge in [-0.3, -0.25) is 9.97 Å². The van der Waals surface area contributed by atoms with E-state index in [1.54, 1.807) is 29.9 Å². The number of rotatable bonds is 5. The molecule has 0 radical (unpaired) electrons. The molecule has 0 saturated carbocycles. The smallest absolute Gasteiger partial charge is 0.231 e. The minimum Gasteiger partial charge on any atom is -0.454 e. The summed E-state index contributed by atoms with van der Waals surface area (Å²) in [7, 11) is 0. The van der Waals surface area contributed by atoms with E-state index in [1.807, 2.05) is 18.2 Å². The summed E-state index contributed by atoms with van der Waals surface area (Å²) in [4.78, 5) is 14.5. The van der Waals surface area contributed by atoms with Gasteiger partial charge in [0.2, 0.25) is 6.79 Å². The summed E-state index contributed by atoms with van der Waals surface area (Å²) < 4.78 is 12.1. The van der Waals surface area contributed by atoms with Crippen LogP contribution in [0.25, 0.3) is 20.7 Å². The molecule has 4 heterocycles. The van der Waals surface area contributed by atoms with Crippen LogP contribution in [0, 0.1) is 0 Å². The second kappa shape index (κ2) is 7.09. The zero-order valence-corrected chi connectivity index (χ0v) is 16.1. The highest BCUT2D eigenvalue weighted by molar-refractivity contribution is 7.22. The van der Waals surface area contributed by atoms with Crippen molar-refractivity contribution >= 4 is 27.2 Å². The molecule has 1 aliphatic heterocycles. The standard InChI is InChI=1S/C21H18N4O2S/c1-2-14-8-19-15(9-20(28-19)16-11-22-5-6-23-16)21(25-14)24-10-13-3-4-17-18(7-13)27-12-26-17/h3-9,11H,2,10,12H2,1H3,(H,24,25). The van der Waals surface area contributed by atoms with Gasteiger partial charge in [0, 0.05) is 34.7 Å². The van der Waals surface area contributed by atoms with E-state index in [4.69, 9.17) is 14.5 Å². The van der Waals surface area contributed by atoms with Gasteiger partial charge in [0.1, 0.15) is 5.82 Å². The van der Waals surface area contributed by atoms with Gasteiger partial charge in [-0.25, -0.2) is 4.98 Å². The van der Waals surface area contributed by atoms with Crippen LogP contribution in [0.3, 0.4) is 0 Å². The number of anilines is 1. The molecule has 0 spiro atoms. The van der Waals surface area contributed by atoms with E-state index in [-0.39, 0.29) is 6.79 Å². The second-order valence-corrected chi connectivity index (χ2v) is 7.55. The minimum atomic E-state index is 0.285. The van der Waals surface area contributed by atoms with E-state index in [9.17, 15) is 0 Å². The van der Waals surface area contributed by atoms with Crippen molar-refractivity contribution in [2.45, 2.75) is 19.9 Å². The molecule has 7 heteroatoms. The number of aromatic nitrogens is 3. The predicted octanol–water partition coefficient (Wildman–Crippen LogP) is 4.66. The Morgan fingerprint density at radius 3 is 2.89 bits per heavy atom. The summed E-state index contributed by atoms with van der Waals surface area (Å²) in [5.41, 5.74) is 3.06. The van der Waals surface area contributed by atoms with Crippen LogP contribution in [0.4, 0.5) is 5.82 Å². The van der Waals surface area contributed by atoms with E-state index in [0.717, 1.165) is 51.0 Å². The monoisotopic (exact) mass is 390 g/mol. The minimum absolute atomic E-state index is 0.285. The number of thiophene rings is 1. The molecular weight excluding hydrogens is 372 g/mol. The van der Waals surface area contributed by atoms with Crippen LogP contribution in [0.5, 0.6) is 11.5 Å². The number of hydrogen-bond acceptors (Lipinski definition) is 7. The van der Waals surface area contributed by atoms with Crippen LogP contribution in [-0.4, -0.2) is 21.7 Å². The van der Waals surface area contributed by atoms with Gasteiger partial charge >= 0.3 is 0 Å². The molecule has 0 atom stereocenters. The summed E-state index contributed by atoms with van der Waals surface area (Å²) >= 11 is 1.71. The zero-order valence-electron chi connectivity index (χ0n) is 15.3. The van der Waals surface area contributed by atoms with Gasteiger partial charge in [0.25, 0.3) is 0 Å². The molecular formula is C21H18N4O2S. The van der Waals surface area contributed by atoms with Gasteiger partial charge in [-0.1, -0.05) is 13.0 Å². The van der Waals surface area contributed by atoms with E-state index in [0.29, 0.717) is 6.54 Å². The summed E-state index contributed by atoms with van der Waals surface area (Å²) in [6, 6.07) is 10.3. The van der Waals surface area contributed by atoms with Gasteiger partial charge in [-0.05, 0) is 36.2 Å². The van der Waals surface area contributed by atoms with Gasteiger partial charge in [0.05, 0.1) is 16.8 Å². The lowest BCUT2D eigenvalue weighted by Crippen LogP contribution is -2.03. The second-order valence-electron chi connectivity index (χ2n) is 6.47. The normalized spacial score (nSPS) is 12.5. The molecule has 3 aromatic heterocycles. The maximum absolute atomic E-state index is 5.47. The van der Waals surface area contributed by atoms with Crippen LogP contribution < -0.4 is 14.8 Å². The fourth-order valence-electron chi connectivity index (χ4n) is 3.19. The number of benzene rings is 1. The maximum Gasteiger partial charge on any atom is 0.231 e. The van der Waals surface area contributed by atoms with Crippen molar-refractivity contribution in [3.8, 4) is 22.1 Å². The zero-order chi connectivity index (χ0) is 18.9. The fourth-order valence-corrected chi connectivity index (χ4v) is 4.27. The Morgan fingerprint density at radius 1 is 1.11 bits per heavy atom. The van der Waals surface area contributed by atoms with E-state index < -0.39 is 0 Å². The molecule has 28 heavy (non-hydrogen) atoms. The number of nitrogens with one attached hydrogen (secondary N) is 1. The number of hydrogen-bond donors (Lipinski definition) is 1. The number of nitrogens with zero attached hydrogens (tertiary/aromatic N) is 3. The number of aryl methyl sites for hydroxylation is 1. The largest absolute Gasteiger partial charge is 0.454 e. The molecule has 1 aromatic carbocycles. The van der Waals surface area contributed by atoms with Crippen molar-refractivity contribution in [1.29, 1.82) is 0 Å². The summed E-state index contributed by atoms with van der Waals surface area (Å²) in [5.74, 6) is 2.47. The topological polar surface area (TPSA) is 69.2 Å². The van der Waals surface area contributed by atoms with E-state index >= 15 is 0 Å². The molecule has 0 aliphatic carbocycles. The molecule has 0 fully saturated rings. The summed E-state index contributed by atoms with van der Waals surface area (Å²) in [6.07, 6.45) is 6.08. The molecule has 6 nitrogen and oxygen atoms in total. The van der Waals surface area contributed by atoms with Crippen molar-refractivity contribution in [1.82, 2.24) is 15.0 Å². The lowest BCUT2D eigenvalue weighted by atomic mass is 10.2. The van der Waals surface area contributed by atoms with Gasteiger partial charge in [-0.2, -0.15) is 0 Å². The first-order chi connectivity index (χ1) is 13.8. The van der Waals surface area contributed by atoms with E-state index in [1.165, 1.54) is 4.70 Å². The van der Waals surface area contributed by atoms with Crippen molar-refractivity contribution in [2.75, 3.05) is 12.1 Å². The van der Waals surface area contributed by atoms with Crippen LogP contribution in [0.1, 0.15) is 18.2 Å². The Bertz CT molecular complexity index is 1140. The Balaban J connectivity index is 1.48. The lowest BCUT2D eigenvalue weighted by molar-refractivity contribution is 0.174. The average Bonchev–Trinajstić information content (AvgIpc) is 3.38. The van der Waals surface area contributed by atoms with Crippen LogP contribution in [0.15, 0.2) is 48.9 Å². The molecule has 140 valence electrons. The molecule has 1 N–H and O–H groups in total. The highest BCUT2D eigenvalue weighted by Gasteiger charge is 2.15. The van der Waals surface area contributed by atoms with Gasteiger partial charge in [-0.15, -0.1) is 11.3 Å². The molecule has 1 aliphatic rings. The molecule has 0 saturated heterocycles. The van der Waals surface area contributed by atoms with Gasteiger partial charge < -0.3 is 14.8 Å². The maximum atomic E-state index is 5.47. The first kappa shape index (κ1) is 16.9. The Hall–Kier alpha value is -3.19. The first-order valence-corrected chi connectivity index (χ1v) is 9.94. The Morgan fingerprint density at radius 2 is 2.04 bits per heavy atom. The van der Waals surface area contributed by atoms with Crippen LogP contribution in [0.2, 0.25) is 0 Å². The van der Waals surface area contributed by atoms with Crippen molar-refractivity contribution in [3.63, 3.8) is 0 Å². The predicted molar refractivity (Wildman–Crippen MR) is 110 cm³/mol. The molecule has 4 aromatic rings. The third-order valence-electron chi connectivity index (χ3n) is 4.64. The summed E-state index contributed by atoms with van der Waals surface area (Å²) in [5, 5.41) is 4.60.